The maximum Gasteiger partial charge on any atom is 0.0215 e. The number of rotatable bonds is 6. The van der Waals surface area contributed by atoms with Crippen LogP contribution >= 0.6 is 11.6 Å². The first-order valence-electron chi connectivity index (χ1n) is 5.96. The molecule has 1 nitrogen and oxygen atoms in total. The predicted octanol–water partition coefficient (Wildman–Crippen LogP) is 3.95. The van der Waals surface area contributed by atoms with Gasteiger partial charge in [-0.05, 0) is 57.8 Å². The number of unbranched alkanes of at least 4 members (excludes halogenated alkanes) is 1. The van der Waals surface area contributed by atoms with Crippen molar-refractivity contribution in [1.82, 2.24) is 4.90 Å². The molecule has 0 N–H and O–H groups in total. The molecule has 0 radical (unpaired) electrons. The monoisotopic (exact) mass is 227 g/mol. The third-order valence-electron chi connectivity index (χ3n) is 2.97. The van der Waals surface area contributed by atoms with Crippen LogP contribution in [0.5, 0.6) is 0 Å². The van der Waals surface area contributed by atoms with Crippen LogP contribution in [-0.4, -0.2) is 25.0 Å². The average Bonchev–Trinajstić information content (AvgIpc) is 2.26. The SMILES string of the molecule is CCN(C)CCCCC1=C(Cl)CCC=C1. The molecule has 2 heteroatoms. The van der Waals surface area contributed by atoms with Crippen LogP contribution in [-0.2, 0) is 0 Å². The van der Waals surface area contributed by atoms with Gasteiger partial charge < -0.3 is 4.90 Å². The number of hydrogen-bond donors (Lipinski definition) is 0. The molecule has 0 aromatic carbocycles. The van der Waals surface area contributed by atoms with Crippen LogP contribution in [0.25, 0.3) is 0 Å². The highest BCUT2D eigenvalue weighted by atomic mass is 35.5. The lowest BCUT2D eigenvalue weighted by molar-refractivity contribution is 0.343. The summed E-state index contributed by atoms with van der Waals surface area (Å²) in [4.78, 5) is 2.35. The molecule has 0 aromatic rings. The Kier molecular flexibility index (Phi) is 6.04. The fraction of sp³-hybridized carbons (Fsp3) is 0.692. The highest BCUT2D eigenvalue weighted by Gasteiger charge is 2.05. The molecule has 0 spiro atoms. The van der Waals surface area contributed by atoms with Gasteiger partial charge in [0.2, 0.25) is 0 Å². The van der Waals surface area contributed by atoms with Gasteiger partial charge in [-0.25, -0.2) is 0 Å². The second-order valence-corrected chi connectivity index (χ2v) is 4.68. The molecule has 0 aromatic heterocycles. The van der Waals surface area contributed by atoms with E-state index in [9.17, 15) is 0 Å². The summed E-state index contributed by atoms with van der Waals surface area (Å²) in [5.74, 6) is 0. The van der Waals surface area contributed by atoms with E-state index in [1.165, 1.54) is 25.0 Å². The van der Waals surface area contributed by atoms with Gasteiger partial charge in [-0.15, -0.1) is 0 Å². The molecular formula is C13H22ClN. The Balaban J connectivity index is 2.17. The Labute approximate surface area is 98.8 Å². The van der Waals surface area contributed by atoms with Crippen LogP contribution in [0.15, 0.2) is 22.8 Å². The normalized spacial score (nSPS) is 16.5. The fourth-order valence-electron chi connectivity index (χ4n) is 1.76. The zero-order valence-electron chi connectivity index (χ0n) is 9.93. The first-order valence-corrected chi connectivity index (χ1v) is 6.34. The zero-order chi connectivity index (χ0) is 11.1. The van der Waals surface area contributed by atoms with Crippen LogP contribution < -0.4 is 0 Å². The minimum Gasteiger partial charge on any atom is -0.307 e. The van der Waals surface area contributed by atoms with Gasteiger partial charge in [0, 0.05) is 5.03 Å². The van der Waals surface area contributed by atoms with Crippen molar-refractivity contribution in [2.45, 2.75) is 39.0 Å². The largest absolute Gasteiger partial charge is 0.307 e. The zero-order valence-corrected chi connectivity index (χ0v) is 10.7. The molecule has 1 aliphatic rings. The van der Waals surface area contributed by atoms with E-state index in [1.54, 1.807) is 0 Å². The molecule has 0 saturated heterocycles. The highest BCUT2D eigenvalue weighted by molar-refractivity contribution is 6.30. The number of hydrogen-bond acceptors (Lipinski definition) is 1. The summed E-state index contributed by atoms with van der Waals surface area (Å²) in [6.07, 6.45) is 10.3. The van der Waals surface area contributed by atoms with Crippen LogP contribution in [0.3, 0.4) is 0 Å². The Bertz CT molecular complexity index is 243. The Morgan fingerprint density at radius 2 is 2.20 bits per heavy atom. The van der Waals surface area contributed by atoms with E-state index in [0.29, 0.717) is 0 Å². The van der Waals surface area contributed by atoms with E-state index in [1.807, 2.05) is 0 Å². The van der Waals surface area contributed by atoms with E-state index in [4.69, 9.17) is 11.6 Å². The van der Waals surface area contributed by atoms with Crippen molar-refractivity contribution in [2.24, 2.45) is 0 Å². The first-order chi connectivity index (χ1) is 7.24. The van der Waals surface area contributed by atoms with E-state index in [-0.39, 0.29) is 0 Å². The minimum absolute atomic E-state index is 1.04. The summed E-state index contributed by atoms with van der Waals surface area (Å²) in [5, 5.41) is 1.08. The van der Waals surface area contributed by atoms with E-state index >= 15 is 0 Å². The van der Waals surface area contributed by atoms with Crippen LogP contribution in [0.2, 0.25) is 0 Å². The molecule has 0 fully saturated rings. The molecule has 0 unspecified atom stereocenters. The Morgan fingerprint density at radius 3 is 2.87 bits per heavy atom. The van der Waals surface area contributed by atoms with Gasteiger partial charge in [-0.3, -0.25) is 0 Å². The van der Waals surface area contributed by atoms with Crippen LogP contribution in [0.1, 0.15) is 39.0 Å². The predicted molar refractivity (Wildman–Crippen MR) is 68.3 cm³/mol. The average molecular weight is 228 g/mol. The summed E-state index contributed by atoms with van der Waals surface area (Å²) >= 11 is 6.17. The second-order valence-electron chi connectivity index (χ2n) is 4.22. The number of halogens is 1. The van der Waals surface area contributed by atoms with Gasteiger partial charge in [0.05, 0.1) is 0 Å². The third kappa shape index (κ3) is 4.85. The van der Waals surface area contributed by atoms with Crippen molar-refractivity contribution < 1.29 is 0 Å². The smallest absolute Gasteiger partial charge is 0.0215 e. The molecule has 15 heavy (non-hydrogen) atoms. The molecule has 0 atom stereocenters. The lowest BCUT2D eigenvalue weighted by Crippen LogP contribution is -2.18. The van der Waals surface area contributed by atoms with E-state index in [2.05, 4.69) is 31.0 Å². The molecule has 0 amide bonds. The fourth-order valence-corrected chi connectivity index (χ4v) is 2.03. The van der Waals surface area contributed by atoms with E-state index in [0.717, 1.165) is 30.8 Å². The maximum atomic E-state index is 6.17. The molecule has 1 rings (SSSR count). The molecule has 0 heterocycles. The quantitative estimate of drug-likeness (QED) is 0.621. The van der Waals surface area contributed by atoms with E-state index < -0.39 is 0 Å². The second kappa shape index (κ2) is 7.08. The summed E-state index contributed by atoms with van der Waals surface area (Å²) in [6, 6.07) is 0. The number of allylic oxidation sites excluding steroid dienone is 4. The summed E-state index contributed by atoms with van der Waals surface area (Å²) in [5.41, 5.74) is 1.36. The highest BCUT2D eigenvalue weighted by Crippen LogP contribution is 2.25. The number of nitrogens with zero attached hydrogens (tertiary/aromatic N) is 1. The van der Waals surface area contributed by atoms with Crippen molar-refractivity contribution in [3.63, 3.8) is 0 Å². The molecule has 1 aliphatic carbocycles. The summed E-state index contributed by atoms with van der Waals surface area (Å²) < 4.78 is 0. The standard InChI is InChI=1S/C13H22ClN/c1-3-15(2)11-7-6-9-12-8-4-5-10-13(12)14/h4,8H,3,5-7,9-11H2,1-2H3. The molecule has 0 aliphatic heterocycles. The summed E-state index contributed by atoms with van der Waals surface area (Å²) in [7, 11) is 2.17. The van der Waals surface area contributed by atoms with Gasteiger partial charge in [0.1, 0.15) is 0 Å². The lowest BCUT2D eigenvalue weighted by atomic mass is 10.0. The molecule has 0 bridgehead atoms. The summed E-state index contributed by atoms with van der Waals surface area (Å²) in [6.45, 7) is 4.54. The first kappa shape index (κ1) is 12.8. The molecule has 86 valence electrons. The van der Waals surface area contributed by atoms with Crippen molar-refractivity contribution in [1.29, 1.82) is 0 Å². The van der Waals surface area contributed by atoms with Gasteiger partial charge in [-0.2, -0.15) is 0 Å². The Morgan fingerprint density at radius 1 is 1.40 bits per heavy atom. The van der Waals surface area contributed by atoms with Gasteiger partial charge in [0.15, 0.2) is 0 Å². The van der Waals surface area contributed by atoms with Crippen molar-refractivity contribution in [3.8, 4) is 0 Å². The van der Waals surface area contributed by atoms with Gasteiger partial charge in [-0.1, -0.05) is 30.7 Å². The van der Waals surface area contributed by atoms with Crippen molar-refractivity contribution >= 4 is 11.6 Å². The van der Waals surface area contributed by atoms with Crippen molar-refractivity contribution in [2.75, 3.05) is 20.1 Å². The Hall–Kier alpha value is -0.270. The maximum absolute atomic E-state index is 6.17. The molecule has 0 saturated carbocycles. The lowest BCUT2D eigenvalue weighted by Gasteiger charge is -2.14. The van der Waals surface area contributed by atoms with Crippen LogP contribution in [0, 0.1) is 0 Å². The molecular weight excluding hydrogens is 206 g/mol. The topological polar surface area (TPSA) is 3.24 Å². The van der Waals surface area contributed by atoms with Gasteiger partial charge >= 0.3 is 0 Å². The van der Waals surface area contributed by atoms with Crippen LogP contribution in [0.4, 0.5) is 0 Å². The third-order valence-corrected chi connectivity index (χ3v) is 3.41. The van der Waals surface area contributed by atoms with Gasteiger partial charge in [0.25, 0.3) is 0 Å². The van der Waals surface area contributed by atoms with Crippen molar-refractivity contribution in [3.05, 3.63) is 22.8 Å². The minimum atomic E-state index is 1.04.